The molecule has 0 aliphatic carbocycles. The summed E-state index contributed by atoms with van der Waals surface area (Å²) in [6.45, 7) is 14.6. The molecule has 3 saturated heterocycles. The van der Waals surface area contributed by atoms with Crippen molar-refractivity contribution in [3.8, 4) is 0 Å². The molecule has 0 N–H and O–H groups in total. The monoisotopic (exact) mass is 914 g/mol. The van der Waals surface area contributed by atoms with Crippen LogP contribution < -0.4 is 0 Å². The minimum absolute atomic E-state index is 0.0966. The SMILES string of the molecule is CC[C@H]1OC(=O)[C@H](C)C(=O)[C@H](C)[C@@H](OC2O[C@H](C)C[C@H](N(C)C)[C@H]2OC(=O)c2ccccc2)[C@](C)(OC)C[C@@H](C)C(=O)[C@H](C)[C@H]2N(CCCCc3ccnc4ccccc34)C(=O)O[C@]12CC. The number of benzene rings is 2. The Bertz CT molecular complexity index is 2180. The number of amides is 1. The number of carbonyl (C=O) groups is 5. The van der Waals surface area contributed by atoms with E-state index in [2.05, 4.69) is 11.1 Å². The second kappa shape index (κ2) is 21.5. The Morgan fingerprint density at radius 2 is 1.61 bits per heavy atom. The summed E-state index contributed by atoms with van der Waals surface area (Å²) in [4.78, 5) is 80.1. The number of Topliss-reactive ketones (excluding diaryl/α,β-unsaturated/α-hetero) is 2. The fourth-order valence-corrected chi connectivity index (χ4v) is 10.8. The van der Waals surface area contributed by atoms with Gasteiger partial charge in [-0.15, -0.1) is 0 Å². The highest BCUT2D eigenvalue weighted by atomic mass is 16.7. The zero-order valence-corrected chi connectivity index (χ0v) is 40.7. The van der Waals surface area contributed by atoms with Gasteiger partial charge in [0.15, 0.2) is 23.8 Å². The molecular weight excluding hydrogens is 843 g/mol. The molecule has 6 rings (SSSR count). The molecule has 13 atom stereocenters. The first-order valence-corrected chi connectivity index (χ1v) is 23.8. The van der Waals surface area contributed by atoms with Crippen LogP contribution in [0.3, 0.4) is 0 Å². The van der Waals surface area contributed by atoms with Crippen LogP contribution in [0.2, 0.25) is 0 Å². The normalized spacial score (nSPS) is 33.6. The van der Waals surface area contributed by atoms with Crippen LogP contribution in [0.25, 0.3) is 10.9 Å². The number of cyclic esters (lactones) is 1. The molecule has 2 aromatic carbocycles. The number of ketones is 2. The van der Waals surface area contributed by atoms with Crippen LogP contribution in [0.5, 0.6) is 0 Å². The maximum Gasteiger partial charge on any atom is 0.410 e. The summed E-state index contributed by atoms with van der Waals surface area (Å²) in [5, 5.41) is 1.08. The average molecular weight is 914 g/mol. The van der Waals surface area contributed by atoms with Crippen molar-refractivity contribution >= 4 is 40.5 Å². The molecule has 3 aliphatic heterocycles. The van der Waals surface area contributed by atoms with E-state index in [1.165, 1.54) is 14.0 Å². The first-order chi connectivity index (χ1) is 31.4. The summed E-state index contributed by atoms with van der Waals surface area (Å²) in [7, 11) is 5.29. The second-order valence-electron chi connectivity index (χ2n) is 19.2. The van der Waals surface area contributed by atoms with Crippen LogP contribution in [0.15, 0.2) is 66.9 Å². The van der Waals surface area contributed by atoms with E-state index >= 15 is 4.79 Å². The highest BCUT2D eigenvalue weighted by Crippen LogP contribution is 2.45. The van der Waals surface area contributed by atoms with Gasteiger partial charge in [0, 0.05) is 43.0 Å². The van der Waals surface area contributed by atoms with Gasteiger partial charge >= 0.3 is 18.0 Å². The van der Waals surface area contributed by atoms with Crippen molar-refractivity contribution in [2.45, 2.75) is 154 Å². The number of hydrogen-bond donors (Lipinski definition) is 0. The number of hydrogen-bond acceptors (Lipinski definition) is 13. The number of methoxy groups -OCH3 is 1. The lowest BCUT2D eigenvalue weighted by Gasteiger charge is -2.48. The number of aryl methyl sites for hydroxylation is 1. The van der Waals surface area contributed by atoms with Gasteiger partial charge in [0.05, 0.1) is 41.0 Å². The summed E-state index contributed by atoms with van der Waals surface area (Å²) >= 11 is 0. The van der Waals surface area contributed by atoms with Gasteiger partial charge in [-0.25, -0.2) is 9.59 Å². The van der Waals surface area contributed by atoms with Gasteiger partial charge in [-0.3, -0.25) is 19.4 Å². The van der Waals surface area contributed by atoms with Crippen molar-refractivity contribution in [3.63, 3.8) is 0 Å². The smallest absolute Gasteiger partial charge is 0.410 e. The minimum atomic E-state index is -1.38. The van der Waals surface area contributed by atoms with E-state index in [-0.39, 0.29) is 37.2 Å². The van der Waals surface area contributed by atoms with Crippen molar-refractivity contribution in [2.75, 3.05) is 27.7 Å². The first kappa shape index (κ1) is 50.6. The van der Waals surface area contributed by atoms with Gasteiger partial charge < -0.3 is 38.2 Å². The molecule has 3 aliphatic rings. The van der Waals surface area contributed by atoms with Gasteiger partial charge in [-0.1, -0.05) is 71.0 Å². The first-order valence-electron chi connectivity index (χ1n) is 23.8. The van der Waals surface area contributed by atoms with E-state index in [4.69, 9.17) is 28.4 Å². The van der Waals surface area contributed by atoms with Crippen molar-refractivity contribution in [1.29, 1.82) is 0 Å². The Labute approximate surface area is 390 Å². The molecule has 3 fully saturated rings. The molecule has 0 radical (unpaired) electrons. The number of para-hydroxylation sites is 1. The van der Waals surface area contributed by atoms with E-state index in [0.29, 0.717) is 24.9 Å². The number of unbranched alkanes of at least 4 members (excludes halogenated alkanes) is 1. The fraction of sp³-hybridized carbons (Fsp3) is 0.615. The van der Waals surface area contributed by atoms with E-state index < -0.39 is 89.3 Å². The maximum absolute atomic E-state index is 15.1. The molecule has 1 amide bonds. The lowest BCUT2D eigenvalue weighted by atomic mass is 9.72. The van der Waals surface area contributed by atoms with Crippen LogP contribution in [-0.4, -0.2) is 126 Å². The number of aromatic nitrogens is 1. The number of rotatable bonds is 13. The van der Waals surface area contributed by atoms with E-state index in [1.807, 2.05) is 90.1 Å². The predicted molar refractivity (Wildman–Crippen MR) is 248 cm³/mol. The molecule has 0 spiro atoms. The number of nitrogens with zero attached hydrogens (tertiary/aromatic N) is 3. The summed E-state index contributed by atoms with van der Waals surface area (Å²) in [6, 6.07) is 17.5. The number of likely N-dealkylation sites (N-methyl/N-ethyl adjacent to an activating group) is 1. The van der Waals surface area contributed by atoms with Crippen LogP contribution in [0.1, 0.15) is 110 Å². The largest absolute Gasteiger partial charge is 0.457 e. The third-order valence-corrected chi connectivity index (χ3v) is 14.6. The van der Waals surface area contributed by atoms with E-state index in [9.17, 15) is 19.2 Å². The van der Waals surface area contributed by atoms with Crippen molar-refractivity contribution in [1.82, 2.24) is 14.8 Å². The number of ether oxygens (including phenoxy) is 6. The van der Waals surface area contributed by atoms with Crippen LogP contribution >= 0.6 is 0 Å². The number of carbonyl (C=O) groups excluding carboxylic acids is 5. The third-order valence-electron chi connectivity index (χ3n) is 14.6. The van der Waals surface area contributed by atoms with Crippen molar-refractivity contribution in [2.24, 2.45) is 23.7 Å². The Hall–Kier alpha value is -4.76. The molecule has 14 heteroatoms. The lowest BCUT2D eigenvalue weighted by Crippen LogP contribution is -2.61. The maximum atomic E-state index is 15.1. The van der Waals surface area contributed by atoms with Gasteiger partial charge in [0.2, 0.25) is 0 Å². The molecule has 3 aromatic rings. The van der Waals surface area contributed by atoms with Crippen molar-refractivity contribution < 1.29 is 52.4 Å². The summed E-state index contributed by atoms with van der Waals surface area (Å²) in [5.41, 5.74) is -0.281. The van der Waals surface area contributed by atoms with Crippen molar-refractivity contribution in [3.05, 3.63) is 78.0 Å². The number of fused-ring (bicyclic) bond motifs is 2. The van der Waals surface area contributed by atoms with Crippen LogP contribution in [0, 0.1) is 23.7 Å². The summed E-state index contributed by atoms with van der Waals surface area (Å²) < 4.78 is 38.6. The van der Waals surface area contributed by atoms with E-state index in [1.54, 1.807) is 43.0 Å². The van der Waals surface area contributed by atoms with Crippen LogP contribution in [-0.2, 0) is 49.2 Å². The zero-order chi connectivity index (χ0) is 48.1. The zero-order valence-electron chi connectivity index (χ0n) is 40.7. The lowest BCUT2D eigenvalue weighted by molar-refractivity contribution is -0.294. The molecule has 1 aromatic heterocycles. The van der Waals surface area contributed by atoms with Crippen LogP contribution in [0.4, 0.5) is 4.79 Å². The molecule has 66 heavy (non-hydrogen) atoms. The highest BCUT2D eigenvalue weighted by molar-refractivity contribution is 6.00. The third kappa shape index (κ3) is 10.4. The molecule has 14 nitrogen and oxygen atoms in total. The summed E-state index contributed by atoms with van der Waals surface area (Å²) in [5.74, 6) is -5.70. The number of pyridine rings is 1. The van der Waals surface area contributed by atoms with Gasteiger partial charge in [-0.05, 0) is 110 Å². The van der Waals surface area contributed by atoms with Gasteiger partial charge in [0.1, 0.15) is 17.8 Å². The van der Waals surface area contributed by atoms with E-state index in [0.717, 1.165) is 29.3 Å². The quantitative estimate of drug-likeness (QED) is 0.0703. The Morgan fingerprint density at radius 3 is 2.27 bits per heavy atom. The average Bonchev–Trinajstić information content (AvgIpc) is 3.61. The molecule has 4 heterocycles. The second-order valence-corrected chi connectivity index (χ2v) is 19.2. The summed E-state index contributed by atoms with van der Waals surface area (Å²) in [6.07, 6.45) is -0.00302. The van der Waals surface area contributed by atoms with Gasteiger partial charge in [0.25, 0.3) is 0 Å². The fourth-order valence-electron chi connectivity index (χ4n) is 10.8. The molecular formula is C52H71N3O11. The topological polar surface area (TPSA) is 160 Å². The molecule has 0 bridgehead atoms. The number of esters is 2. The molecule has 360 valence electrons. The van der Waals surface area contributed by atoms with Gasteiger partial charge in [-0.2, -0.15) is 0 Å². The minimum Gasteiger partial charge on any atom is -0.457 e. The Morgan fingerprint density at radius 1 is 0.909 bits per heavy atom. The highest BCUT2D eigenvalue weighted by Gasteiger charge is 2.62. The Kier molecular flexibility index (Phi) is 16.5. The predicted octanol–water partition coefficient (Wildman–Crippen LogP) is 8.02. The Balaban J connectivity index is 1.34. The standard InChI is InChI=1S/C52H71N3O11/c1-12-41-52(13-2)45(55(50(60)66-52)28-20-19-21-36-26-27-53-39-25-18-17-24-38(36)39)33(5)42(56)31(3)30-51(8,61-11)46(34(6)43(57)35(7)47(58)63-41)65-49-44(40(54(9)10)29-32(4)62-49)64-48(59)37-22-15-14-16-23-37/h14-18,22-27,31-35,40-41,44-46,49H,12-13,19-21,28-30H2,1-11H3/t31-,32-,33+,34+,35-,40+,41-,44-,45-,46-,49?,51-,52-/m1/s1. The molecule has 0 saturated carbocycles. The molecule has 1 unspecified atom stereocenters.